The van der Waals surface area contributed by atoms with Crippen LogP contribution in [0.25, 0.3) is 11.5 Å². The number of oxazole rings is 1. The zero-order valence-corrected chi connectivity index (χ0v) is 13.8. The zero-order chi connectivity index (χ0) is 17.6. The molecule has 0 saturated heterocycles. The monoisotopic (exact) mass is 338 g/mol. The Hall–Kier alpha value is -3.15. The molecular weight excluding hydrogens is 320 g/mol. The Balaban J connectivity index is 1.56. The van der Waals surface area contributed by atoms with Crippen molar-refractivity contribution in [3.63, 3.8) is 0 Å². The van der Waals surface area contributed by atoms with Crippen LogP contribution < -0.4 is 5.32 Å². The van der Waals surface area contributed by atoms with Gasteiger partial charge in [0.25, 0.3) is 0 Å². The number of amides is 1. The highest BCUT2D eigenvalue weighted by atomic mass is 16.4. The van der Waals surface area contributed by atoms with Crippen LogP contribution in [0, 0.1) is 6.92 Å². The molecule has 1 N–H and O–H groups in total. The van der Waals surface area contributed by atoms with Gasteiger partial charge in [0.2, 0.25) is 11.8 Å². The molecule has 0 aliphatic rings. The van der Waals surface area contributed by atoms with Gasteiger partial charge < -0.3 is 14.2 Å². The molecule has 1 aromatic carbocycles. The van der Waals surface area contributed by atoms with Crippen molar-refractivity contribution < 1.29 is 18.4 Å². The number of hydrogen-bond acceptors (Lipinski definition) is 5. The molecule has 0 atom stereocenters. The van der Waals surface area contributed by atoms with Gasteiger partial charge in [0.1, 0.15) is 17.3 Å². The minimum absolute atomic E-state index is 0.0658. The van der Waals surface area contributed by atoms with E-state index >= 15 is 0 Å². The first kappa shape index (κ1) is 16.7. The number of benzene rings is 1. The Morgan fingerprint density at radius 1 is 1.12 bits per heavy atom. The van der Waals surface area contributed by atoms with Gasteiger partial charge >= 0.3 is 0 Å². The molecular formula is C19H18N2O4. The first-order chi connectivity index (χ1) is 12.1. The lowest BCUT2D eigenvalue weighted by molar-refractivity contribution is -0.128. The maximum Gasteiger partial charge on any atom is 0.227 e. The molecule has 1 amide bonds. The summed E-state index contributed by atoms with van der Waals surface area (Å²) in [6, 6.07) is 13.0. The smallest absolute Gasteiger partial charge is 0.227 e. The minimum atomic E-state index is -0.342. The van der Waals surface area contributed by atoms with E-state index in [0.717, 1.165) is 5.56 Å². The third-order valence-electron chi connectivity index (χ3n) is 3.68. The number of aryl methyl sites for hydroxylation is 1. The summed E-state index contributed by atoms with van der Waals surface area (Å²) < 4.78 is 10.7. The molecule has 6 nitrogen and oxygen atoms in total. The van der Waals surface area contributed by atoms with Crippen LogP contribution in [0.2, 0.25) is 0 Å². The van der Waals surface area contributed by atoms with E-state index in [1.807, 2.05) is 30.3 Å². The lowest BCUT2D eigenvalue weighted by Gasteiger charge is -2.02. The number of nitrogens with zero attached hydrogens (tertiary/aromatic N) is 1. The van der Waals surface area contributed by atoms with E-state index in [9.17, 15) is 9.59 Å². The zero-order valence-electron chi connectivity index (χ0n) is 13.8. The van der Waals surface area contributed by atoms with Crippen LogP contribution in [-0.2, 0) is 22.6 Å². The van der Waals surface area contributed by atoms with Gasteiger partial charge in [-0.1, -0.05) is 18.2 Å². The van der Waals surface area contributed by atoms with Gasteiger partial charge in [-0.05, 0) is 31.2 Å². The lowest BCUT2D eigenvalue weighted by Crippen LogP contribution is -2.25. The summed E-state index contributed by atoms with van der Waals surface area (Å²) in [5.41, 5.74) is 1.41. The molecule has 6 heteroatoms. The summed E-state index contributed by atoms with van der Waals surface area (Å²) >= 11 is 0. The number of rotatable bonds is 7. The fourth-order valence-electron chi connectivity index (χ4n) is 2.39. The van der Waals surface area contributed by atoms with Crippen molar-refractivity contribution in [2.75, 3.05) is 0 Å². The SMILES string of the molecule is Cc1oc(-c2ccccc2)nc1CC(=O)CC(=O)NCc1ccco1. The van der Waals surface area contributed by atoms with Gasteiger partial charge in [-0.2, -0.15) is 0 Å². The van der Waals surface area contributed by atoms with E-state index in [4.69, 9.17) is 8.83 Å². The molecule has 0 saturated carbocycles. The van der Waals surface area contributed by atoms with Crippen molar-refractivity contribution in [2.45, 2.75) is 26.3 Å². The predicted octanol–water partition coefficient (Wildman–Crippen LogP) is 3.06. The van der Waals surface area contributed by atoms with Crippen LogP contribution in [0.3, 0.4) is 0 Å². The topological polar surface area (TPSA) is 85.3 Å². The van der Waals surface area contributed by atoms with Gasteiger partial charge in [0.05, 0.1) is 31.3 Å². The molecule has 2 aromatic heterocycles. The van der Waals surface area contributed by atoms with E-state index in [1.165, 1.54) is 6.26 Å². The van der Waals surface area contributed by atoms with E-state index < -0.39 is 0 Å². The van der Waals surface area contributed by atoms with Crippen LogP contribution in [0.1, 0.15) is 23.6 Å². The molecule has 3 aromatic rings. The average Bonchev–Trinajstić information content (AvgIpc) is 3.24. The summed E-state index contributed by atoms with van der Waals surface area (Å²) in [7, 11) is 0. The summed E-state index contributed by atoms with van der Waals surface area (Å²) in [6.07, 6.45) is 1.40. The Labute approximate surface area is 144 Å². The molecule has 0 aliphatic heterocycles. The number of aromatic nitrogens is 1. The number of hydrogen-bond donors (Lipinski definition) is 1. The first-order valence-corrected chi connectivity index (χ1v) is 7.94. The van der Waals surface area contributed by atoms with Crippen LogP contribution in [0.15, 0.2) is 57.6 Å². The quantitative estimate of drug-likeness (QED) is 0.669. The number of carbonyl (C=O) groups excluding carboxylic acids is 2. The summed E-state index contributed by atoms with van der Waals surface area (Å²) in [5.74, 6) is 1.14. The Kier molecular flexibility index (Phi) is 5.09. The summed E-state index contributed by atoms with van der Waals surface area (Å²) in [4.78, 5) is 28.3. The largest absolute Gasteiger partial charge is 0.467 e. The molecule has 2 heterocycles. The van der Waals surface area contributed by atoms with Crippen molar-refractivity contribution in [2.24, 2.45) is 0 Å². The van der Waals surface area contributed by atoms with Gasteiger partial charge in [-0.15, -0.1) is 0 Å². The fraction of sp³-hybridized carbons (Fsp3) is 0.211. The van der Waals surface area contributed by atoms with E-state index in [-0.39, 0.29) is 31.1 Å². The lowest BCUT2D eigenvalue weighted by atomic mass is 10.1. The number of nitrogens with one attached hydrogen (secondary N) is 1. The molecule has 0 bridgehead atoms. The summed E-state index contributed by atoms with van der Waals surface area (Å²) in [5, 5.41) is 2.65. The molecule has 0 unspecified atom stereocenters. The van der Waals surface area contributed by atoms with Crippen LogP contribution in [0.5, 0.6) is 0 Å². The standard InChI is InChI=1S/C19H18N2O4/c1-13-17(21-19(25-13)14-6-3-2-4-7-14)10-15(22)11-18(23)20-12-16-8-5-9-24-16/h2-9H,10-12H2,1H3,(H,20,23). The number of ketones is 1. The van der Waals surface area contributed by atoms with Gasteiger partial charge in [-0.25, -0.2) is 4.98 Å². The van der Waals surface area contributed by atoms with E-state index in [2.05, 4.69) is 10.3 Å². The van der Waals surface area contributed by atoms with Crippen molar-refractivity contribution in [3.05, 3.63) is 65.9 Å². The Morgan fingerprint density at radius 3 is 2.64 bits per heavy atom. The predicted molar refractivity (Wildman–Crippen MR) is 90.6 cm³/mol. The highest BCUT2D eigenvalue weighted by Crippen LogP contribution is 2.21. The van der Waals surface area contributed by atoms with Crippen molar-refractivity contribution in [1.29, 1.82) is 0 Å². The van der Waals surface area contributed by atoms with Crippen LogP contribution >= 0.6 is 0 Å². The number of furan rings is 1. The van der Waals surface area contributed by atoms with Gasteiger partial charge in [-0.3, -0.25) is 9.59 Å². The second-order valence-electron chi connectivity index (χ2n) is 5.64. The maximum atomic E-state index is 12.1. The molecule has 128 valence electrons. The highest BCUT2D eigenvalue weighted by molar-refractivity contribution is 5.98. The normalized spacial score (nSPS) is 10.6. The van der Waals surface area contributed by atoms with Crippen LogP contribution in [0.4, 0.5) is 0 Å². The molecule has 3 rings (SSSR count). The molecule has 0 aliphatic carbocycles. The first-order valence-electron chi connectivity index (χ1n) is 7.94. The van der Waals surface area contributed by atoms with E-state index in [0.29, 0.717) is 23.1 Å². The molecule has 0 radical (unpaired) electrons. The average molecular weight is 338 g/mol. The molecule has 25 heavy (non-hydrogen) atoms. The van der Waals surface area contributed by atoms with Crippen molar-refractivity contribution >= 4 is 11.7 Å². The minimum Gasteiger partial charge on any atom is -0.467 e. The maximum absolute atomic E-state index is 12.1. The summed E-state index contributed by atoms with van der Waals surface area (Å²) in [6.45, 7) is 2.03. The Morgan fingerprint density at radius 2 is 1.92 bits per heavy atom. The molecule has 0 fully saturated rings. The number of carbonyl (C=O) groups is 2. The third kappa shape index (κ3) is 4.44. The number of Topliss-reactive ketones (excluding diaryl/α,β-unsaturated/α-hetero) is 1. The van der Waals surface area contributed by atoms with E-state index in [1.54, 1.807) is 19.1 Å². The van der Waals surface area contributed by atoms with Crippen molar-refractivity contribution in [1.82, 2.24) is 10.3 Å². The Bertz CT molecular complexity index is 851. The van der Waals surface area contributed by atoms with Crippen LogP contribution in [-0.4, -0.2) is 16.7 Å². The van der Waals surface area contributed by atoms with Crippen molar-refractivity contribution in [3.8, 4) is 11.5 Å². The second-order valence-corrected chi connectivity index (χ2v) is 5.64. The van der Waals surface area contributed by atoms with Gasteiger partial charge in [0.15, 0.2) is 0 Å². The highest BCUT2D eigenvalue weighted by Gasteiger charge is 2.17. The third-order valence-corrected chi connectivity index (χ3v) is 3.68. The fourth-order valence-corrected chi connectivity index (χ4v) is 2.39. The van der Waals surface area contributed by atoms with Gasteiger partial charge in [0, 0.05) is 5.56 Å². The molecule has 0 spiro atoms. The second kappa shape index (κ2) is 7.61.